The molecule has 0 aromatic heterocycles. The molecule has 0 radical (unpaired) electrons. The van der Waals surface area contributed by atoms with E-state index in [-0.39, 0.29) is 18.9 Å². The van der Waals surface area contributed by atoms with Gasteiger partial charge in [0, 0.05) is 6.42 Å². The summed E-state index contributed by atoms with van der Waals surface area (Å²) in [4.78, 5) is 13.3. The van der Waals surface area contributed by atoms with Gasteiger partial charge in [-0.1, -0.05) is 282 Å². The smallest absolute Gasteiger partial charge is 0.220 e. The van der Waals surface area contributed by atoms with Crippen molar-refractivity contribution in [2.75, 3.05) is 19.8 Å². The number of carbonyl (C=O) groups is 1. The van der Waals surface area contributed by atoms with Crippen LogP contribution in [0.2, 0.25) is 0 Å². The van der Waals surface area contributed by atoms with Crippen molar-refractivity contribution < 1.29 is 64.6 Å². The number of ether oxygens (including phenoxy) is 4. The van der Waals surface area contributed by atoms with Crippen LogP contribution in [-0.2, 0) is 23.7 Å². The lowest BCUT2D eigenvalue weighted by Crippen LogP contribution is -2.65. The van der Waals surface area contributed by atoms with Crippen LogP contribution in [0.25, 0.3) is 0 Å². The van der Waals surface area contributed by atoms with E-state index in [4.69, 9.17) is 18.9 Å². The summed E-state index contributed by atoms with van der Waals surface area (Å²) in [6.45, 7) is 2.67. The van der Waals surface area contributed by atoms with Crippen LogP contribution >= 0.6 is 0 Å². The number of nitrogens with one attached hydrogen (secondary N) is 1. The van der Waals surface area contributed by atoms with E-state index >= 15 is 0 Å². The first-order chi connectivity index (χ1) is 45.6. The predicted molar refractivity (Wildman–Crippen MR) is 382 cm³/mol. The molecule has 0 saturated carbocycles. The van der Waals surface area contributed by atoms with Gasteiger partial charge in [0.2, 0.25) is 5.91 Å². The van der Waals surface area contributed by atoms with Crippen LogP contribution < -0.4 is 5.32 Å². The summed E-state index contributed by atoms with van der Waals surface area (Å²) in [6, 6.07) is -0.954. The fraction of sp³-hybridized carbons (Fsp3) is 0.709. The molecule has 0 aromatic rings. The second kappa shape index (κ2) is 61.7. The maximum atomic E-state index is 13.3. The third kappa shape index (κ3) is 45.3. The number of rotatable bonds is 59. The summed E-state index contributed by atoms with van der Waals surface area (Å²) in [5, 5.41) is 87.5. The Kier molecular flexibility index (Phi) is 56.5. The molecule has 93 heavy (non-hydrogen) atoms. The van der Waals surface area contributed by atoms with Crippen LogP contribution in [0.15, 0.2) is 134 Å². The molecule has 2 saturated heterocycles. The van der Waals surface area contributed by atoms with Gasteiger partial charge in [-0.25, -0.2) is 0 Å². The summed E-state index contributed by atoms with van der Waals surface area (Å²) >= 11 is 0. The monoisotopic (exact) mass is 1300 g/mol. The Hall–Kier alpha value is -3.87. The minimum Gasteiger partial charge on any atom is -0.394 e. The molecule has 2 rings (SSSR count). The molecule has 12 unspecified atom stereocenters. The van der Waals surface area contributed by atoms with Gasteiger partial charge in [0.15, 0.2) is 12.6 Å². The Morgan fingerprint density at radius 2 is 0.753 bits per heavy atom. The summed E-state index contributed by atoms with van der Waals surface area (Å²) in [5.74, 6) is -0.266. The maximum absolute atomic E-state index is 13.3. The Morgan fingerprint density at radius 1 is 0.398 bits per heavy atom. The highest BCUT2D eigenvalue weighted by atomic mass is 16.7. The summed E-state index contributed by atoms with van der Waals surface area (Å²) in [6.07, 6.45) is 75.0. The molecule has 12 atom stereocenters. The van der Waals surface area contributed by atoms with Crippen molar-refractivity contribution in [2.24, 2.45) is 0 Å². The highest BCUT2D eigenvalue weighted by molar-refractivity contribution is 5.76. The summed E-state index contributed by atoms with van der Waals surface area (Å²) in [7, 11) is 0. The fourth-order valence-electron chi connectivity index (χ4n) is 11.2. The second-order valence-corrected chi connectivity index (χ2v) is 25.3. The van der Waals surface area contributed by atoms with Gasteiger partial charge in [0.05, 0.1) is 32.0 Å². The lowest BCUT2D eigenvalue weighted by Gasteiger charge is -2.46. The molecule has 14 nitrogen and oxygen atoms in total. The predicted octanol–water partition coefficient (Wildman–Crippen LogP) is 15.8. The van der Waals surface area contributed by atoms with E-state index in [1.807, 2.05) is 6.08 Å². The highest BCUT2D eigenvalue weighted by Crippen LogP contribution is 2.30. The number of hydrogen-bond acceptors (Lipinski definition) is 13. The van der Waals surface area contributed by atoms with Crippen LogP contribution in [-0.4, -0.2) is 140 Å². The molecule has 0 bridgehead atoms. The number of allylic oxidation sites excluding steroid dienone is 21. The van der Waals surface area contributed by atoms with Crippen molar-refractivity contribution in [2.45, 2.75) is 338 Å². The zero-order chi connectivity index (χ0) is 67.3. The van der Waals surface area contributed by atoms with Gasteiger partial charge in [-0.05, 0) is 109 Å². The average molecular weight is 1300 g/mol. The lowest BCUT2D eigenvalue weighted by atomic mass is 9.97. The van der Waals surface area contributed by atoms with Crippen LogP contribution in [0.4, 0.5) is 0 Å². The molecule has 2 fully saturated rings. The number of amides is 1. The molecule has 0 aromatic carbocycles. The van der Waals surface area contributed by atoms with Crippen LogP contribution in [0.5, 0.6) is 0 Å². The zero-order valence-electron chi connectivity index (χ0n) is 57.9. The molecule has 9 N–H and O–H groups in total. The largest absolute Gasteiger partial charge is 0.394 e. The third-order valence-electron chi connectivity index (χ3n) is 17.0. The van der Waals surface area contributed by atoms with Crippen molar-refractivity contribution in [3.63, 3.8) is 0 Å². The van der Waals surface area contributed by atoms with Crippen LogP contribution in [0, 0.1) is 0 Å². The van der Waals surface area contributed by atoms with E-state index in [0.29, 0.717) is 12.8 Å². The van der Waals surface area contributed by atoms with Crippen LogP contribution in [0.3, 0.4) is 0 Å². The van der Waals surface area contributed by atoms with Gasteiger partial charge >= 0.3 is 0 Å². The zero-order valence-corrected chi connectivity index (χ0v) is 57.9. The van der Waals surface area contributed by atoms with Gasteiger partial charge in [-0.2, -0.15) is 0 Å². The van der Waals surface area contributed by atoms with Gasteiger partial charge in [-0.15, -0.1) is 0 Å². The first-order valence-corrected chi connectivity index (χ1v) is 36.9. The second-order valence-electron chi connectivity index (χ2n) is 25.3. The minimum atomic E-state index is -1.80. The Labute approximate surface area is 564 Å². The topological polar surface area (TPSA) is 228 Å². The normalized spacial score (nSPS) is 23.4. The molecule has 14 heteroatoms. The third-order valence-corrected chi connectivity index (χ3v) is 17.0. The summed E-state index contributed by atoms with van der Waals surface area (Å²) in [5.41, 5.74) is 0. The van der Waals surface area contributed by atoms with Crippen molar-refractivity contribution in [3.8, 4) is 0 Å². The van der Waals surface area contributed by atoms with E-state index in [9.17, 15) is 45.6 Å². The Morgan fingerprint density at radius 3 is 1.18 bits per heavy atom. The number of aliphatic hydroxyl groups excluding tert-OH is 8. The average Bonchev–Trinajstić information content (AvgIpc) is 0.852. The van der Waals surface area contributed by atoms with Gasteiger partial charge in [-0.3, -0.25) is 4.79 Å². The highest BCUT2D eigenvalue weighted by Gasteiger charge is 2.51. The molecule has 0 aliphatic carbocycles. The molecular formula is C79H133NO13. The molecule has 2 heterocycles. The number of aliphatic hydroxyl groups is 8. The van der Waals surface area contributed by atoms with Crippen LogP contribution in [0.1, 0.15) is 264 Å². The lowest BCUT2D eigenvalue weighted by molar-refractivity contribution is -0.359. The van der Waals surface area contributed by atoms with E-state index in [0.717, 1.165) is 109 Å². The molecule has 532 valence electrons. The molecule has 2 aliphatic rings. The van der Waals surface area contributed by atoms with E-state index in [2.05, 4.69) is 141 Å². The van der Waals surface area contributed by atoms with E-state index in [1.165, 1.54) is 122 Å². The van der Waals surface area contributed by atoms with Crippen molar-refractivity contribution >= 4 is 5.91 Å². The first-order valence-electron chi connectivity index (χ1n) is 36.9. The quantitative estimate of drug-likeness (QED) is 0.0204. The molecule has 2 aliphatic heterocycles. The fourth-order valence-corrected chi connectivity index (χ4v) is 11.2. The van der Waals surface area contributed by atoms with Gasteiger partial charge in [0.25, 0.3) is 0 Å². The van der Waals surface area contributed by atoms with Gasteiger partial charge in [0.1, 0.15) is 48.8 Å². The van der Waals surface area contributed by atoms with E-state index in [1.54, 1.807) is 6.08 Å². The maximum Gasteiger partial charge on any atom is 0.220 e. The number of hydrogen-bond donors (Lipinski definition) is 9. The van der Waals surface area contributed by atoms with Crippen molar-refractivity contribution in [3.05, 3.63) is 134 Å². The first kappa shape index (κ1) is 85.2. The van der Waals surface area contributed by atoms with Gasteiger partial charge < -0.3 is 65.1 Å². The SMILES string of the molecule is CC/C=C\C/C=C\C/C=C\C/C=C\C/C=C\C/C=C\C/C=C\C/C=C\CCCCCCCCCCC(=O)NC(COC1OC(CO)C(OC2OC(CO)C(O)C(O)C2O)C(O)C1O)C(O)/C=C/CC/C=C/CC/C=C/CCCCCCCCCCCCCCCCCC. The number of carbonyl (C=O) groups excluding carboxylic acids is 1. The standard InChI is InChI=1S/C79H133NO13/c1-3-5-7-9-11-13-15-17-19-21-23-25-27-29-31-32-33-34-35-36-37-39-41-43-45-47-49-51-53-55-57-59-61-63-71(84)80-67(66-90-78-76(89)74(87)77(70(65-82)92-78)93-79-75(88)73(86)72(85)69(64-81)91-79)68(83)62-60-58-56-54-52-50-48-46-44-42-40-38-30-28-26-24-22-20-18-16-14-12-10-8-6-4-2/h5,7,11,13,17,19,23,25,29,31,33-34,36-37,41,43-44,46,52,54,60,62,67-70,72-79,81-83,85-89H,3-4,6,8-10,12,14-16,18,20-22,24,26-28,30,32,35,38-40,42,45,47-51,53,55-59,61,63-66H2,1-2H3,(H,80,84)/b7-5-,13-11-,19-17-,25-23-,31-29-,34-33-,37-36-,43-41-,46-44+,54-52+,62-60+. The van der Waals surface area contributed by atoms with E-state index < -0.39 is 86.8 Å². The molecular weight excluding hydrogens is 1170 g/mol. The van der Waals surface area contributed by atoms with Crippen molar-refractivity contribution in [1.82, 2.24) is 5.32 Å². The molecule has 0 spiro atoms. The number of unbranched alkanes of at least 4 members (excludes halogenated alkanes) is 26. The summed E-state index contributed by atoms with van der Waals surface area (Å²) < 4.78 is 22.8. The Bertz CT molecular complexity index is 2070. The molecule has 1 amide bonds. The minimum absolute atomic E-state index is 0.251. The van der Waals surface area contributed by atoms with Crippen molar-refractivity contribution in [1.29, 1.82) is 0 Å². The Balaban J connectivity index is 1.70.